The van der Waals surface area contributed by atoms with Crippen molar-refractivity contribution in [2.45, 2.75) is 44.5 Å². The summed E-state index contributed by atoms with van der Waals surface area (Å²) in [4.78, 5) is 10.4. The van der Waals surface area contributed by atoms with E-state index in [1.807, 2.05) is 6.92 Å². The van der Waals surface area contributed by atoms with Crippen LogP contribution in [0.2, 0.25) is 0 Å². The van der Waals surface area contributed by atoms with Gasteiger partial charge in [0.1, 0.15) is 6.10 Å². The molecule has 0 aromatic heterocycles. The summed E-state index contributed by atoms with van der Waals surface area (Å²) in [5, 5.41) is 12.2. The molecule has 1 heterocycles. The predicted molar refractivity (Wildman–Crippen MR) is 51.8 cm³/mol. The molecule has 2 aliphatic rings. The van der Waals surface area contributed by atoms with Gasteiger partial charge in [-0.05, 0) is 26.2 Å². The van der Waals surface area contributed by atoms with Crippen molar-refractivity contribution in [3.8, 4) is 0 Å². The lowest BCUT2D eigenvalue weighted by Gasteiger charge is -2.30. The van der Waals surface area contributed by atoms with Gasteiger partial charge in [-0.3, -0.25) is 4.79 Å². The van der Waals surface area contributed by atoms with Crippen LogP contribution >= 0.6 is 0 Å². The number of hydrogen-bond acceptors (Lipinski definition) is 5. The Labute approximate surface area is 88.0 Å². The molecule has 4 atom stereocenters. The van der Waals surface area contributed by atoms with E-state index in [2.05, 4.69) is 5.16 Å². The minimum Gasteiger partial charge on any atom is -0.464 e. The molecule has 0 unspecified atom stereocenters. The van der Waals surface area contributed by atoms with E-state index in [-0.39, 0.29) is 24.2 Å². The number of fused-ring (bicyclic) bond motifs is 1. The maximum Gasteiger partial charge on any atom is 0.293 e. The van der Waals surface area contributed by atoms with Crippen LogP contribution in [0, 0.1) is 5.92 Å². The summed E-state index contributed by atoms with van der Waals surface area (Å²) in [6.45, 7) is 2.32. The summed E-state index contributed by atoms with van der Waals surface area (Å²) in [6, 6.07) is 0. The first kappa shape index (κ1) is 10.4. The number of hydrogen-bond donors (Lipinski definition) is 1. The molecule has 5 heteroatoms. The van der Waals surface area contributed by atoms with Gasteiger partial charge in [0.25, 0.3) is 6.47 Å². The van der Waals surface area contributed by atoms with Crippen LogP contribution in [0.25, 0.3) is 0 Å². The monoisotopic (exact) mass is 213 g/mol. The molecule has 1 saturated carbocycles. The summed E-state index contributed by atoms with van der Waals surface area (Å²) in [6.07, 6.45) is 2.38. The Morgan fingerprint density at radius 1 is 1.60 bits per heavy atom. The van der Waals surface area contributed by atoms with E-state index in [1.165, 1.54) is 0 Å². The molecular weight excluding hydrogens is 198 g/mol. The van der Waals surface area contributed by atoms with E-state index >= 15 is 0 Å². The van der Waals surface area contributed by atoms with Gasteiger partial charge in [0, 0.05) is 0 Å². The third kappa shape index (κ3) is 1.71. The summed E-state index contributed by atoms with van der Waals surface area (Å²) >= 11 is 0. The number of ether oxygens (including phenoxy) is 2. The van der Waals surface area contributed by atoms with Crippen molar-refractivity contribution in [1.29, 1.82) is 0 Å². The average Bonchev–Trinajstić information content (AvgIpc) is 2.55. The zero-order chi connectivity index (χ0) is 10.8. The summed E-state index contributed by atoms with van der Waals surface area (Å²) in [5.74, 6) is -0.0658. The van der Waals surface area contributed by atoms with E-state index in [0.29, 0.717) is 12.2 Å². The zero-order valence-corrected chi connectivity index (χ0v) is 8.63. The lowest BCUT2D eigenvalue weighted by atomic mass is 9.82. The molecule has 1 saturated heterocycles. The Balaban J connectivity index is 2.19. The highest BCUT2D eigenvalue weighted by atomic mass is 16.5. The highest BCUT2D eigenvalue weighted by Crippen LogP contribution is 2.37. The Morgan fingerprint density at radius 3 is 3.07 bits per heavy atom. The molecule has 2 rings (SSSR count). The van der Waals surface area contributed by atoms with Gasteiger partial charge in [-0.15, -0.1) is 0 Å². The minimum absolute atomic E-state index is 0.0320. The number of oxime groups is 1. The fraction of sp³-hybridized carbons (Fsp3) is 0.800. The molecule has 0 aromatic rings. The lowest BCUT2D eigenvalue weighted by Crippen LogP contribution is -2.38. The molecule has 1 aliphatic heterocycles. The first-order valence-corrected chi connectivity index (χ1v) is 5.24. The van der Waals surface area contributed by atoms with Crippen molar-refractivity contribution in [3.63, 3.8) is 0 Å². The van der Waals surface area contributed by atoms with Crippen LogP contribution in [-0.2, 0) is 14.3 Å². The number of carbonyl (C=O) groups is 1. The maximum atomic E-state index is 10.4. The number of carbonyl (C=O) groups excluding carboxylic acids is 1. The molecule has 1 N–H and O–H groups in total. The molecule has 0 radical (unpaired) electrons. The van der Waals surface area contributed by atoms with E-state index in [4.69, 9.17) is 14.7 Å². The quantitative estimate of drug-likeness (QED) is 0.421. The average molecular weight is 213 g/mol. The highest BCUT2D eigenvalue weighted by Gasteiger charge is 2.47. The second-order valence-electron chi connectivity index (χ2n) is 4.07. The number of nitrogens with zero attached hydrogens (tertiary/aromatic N) is 1. The topological polar surface area (TPSA) is 68.1 Å². The normalized spacial score (nSPS) is 42.6. The zero-order valence-electron chi connectivity index (χ0n) is 8.63. The molecule has 0 aromatic carbocycles. The molecule has 15 heavy (non-hydrogen) atoms. The van der Waals surface area contributed by atoms with Crippen molar-refractivity contribution < 1.29 is 19.5 Å². The molecule has 84 valence electrons. The second kappa shape index (κ2) is 4.18. The molecule has 5 nitrogen and oxygen atoms in total. The molecule has 0 spiro atoms. The van der Waals surface area contributed by atoms with Crippen LogP contribution in [0.5, 0.6) is 0 Å². The molecule has 0 amide bonds. The molecule has 2 fully saturated rings. The van der Waals surface area contributed by atoms with Crippen LogP contribution in [0.4, 0.5) is 0 Å². The van der Waals surface area contributed by atoms with Crippen molar-refractivity contribution in [2.75, 3.05) is 0 Å². The Hall–Kier alpha value is -1.10. The molecule has 0 bridgehead atoms. The smallest absolute Gasteiger partial charge is 0.293 e. The minimum atomic E-state index is -0.197. The van der Waals surface area contributed by atoms with Gasteiger partial charge in [0.15, 0.2) is 0 Å². The first-order chi connectivity index (χ1) is 7.27. The predicted octanol–water partition coefficient (Wildman–Crippen LogP) is 0.946. The first-order valence-electron chi connectivity index (χ1n) is 5.24. The van der Waals surface area contributed by atoms with E-state index in [0.717, 1.165) is 19.3 Å². The van der Waals surface area contributed by atoms with Gasteiger partial charge in [-0.25, -0.2) is 0 Å². The third-order valence-corrected chi connectivity index (χ3v) is 3.26. The molecular formula is C10H15NO4. The van der Waals surface area contributed by atoms with E-state index in [9.17, 15) is 4.79 Å². The van der Waals surface area contributed by atoms with Crippen LogP contribution < -0.4 is 0 Å². The van der Waals surface area contributed by atoms with Gasteiger partial charge in [0.05, 0.1) is 23.8 Å². The van der Waals surface area contributed by atoms with Gasteiger partial charge in [0.2, 0.25) is 0 Å². The Morgan fingerprint density at radius 2 is 2.40 bits per heavy atom. The maximum absolute atomic E-state index is 10.4. The van der Waals surface area contributed by atoms with Gasteiger partial charge in [-0.1, -0.05) is 5.16 Å². The SMILES string of the molecule is C[C@@H]1O[C@H]2CCC[C@@H](OC=O)[C@H]2/C1=N/O. The van der Waals surface area contributed by atoms with E-state index in [1.54, 1.807) is 0 Å². The lowest BCUT2D eigenvalue weighted by molar-refractivity contribution is -0.138. The van der Waals surface area contributed by atoms with Crippen molar-refractivity contribution in [2.24, 2.45) is 11.1 Å². The largest absolute Gasteiger partial charge is 0.464 e. The van der Waals surface area contributed by atoms with Crippen LogP contribution in [0.15, 0.2) is 5.16 Å². The second-order valence-corrected chi connectivity index (χ2v) is 4.07. The molecule has 1 aliphatic carbocycles. The third-order valence-electron chi connectivity index (χ3n) is 3.26. The van der Waals surface area contributed by atoms with E-state index < -0.39 is 0 Å². The highest BCUT2D eigenvalue weighted by molar-refractivity contribution is 5.93. The summed E-state index contributed by atoms with van der Waals surface area (Å²) in [7, 11) is 0. The Kier molecular flexibility index (Phi) is 2.90. The van der Waals surface area contributed by atoms with Crippen LogP contribution in [0.1, 0.15) is 26.2 Å². The van der Waals surface area contributed by atoms with Crippen molar-refractivity contribution in [1.82, 2.24) is 0 Å². The summed E-state index contributed by atoms with van der Waals surface area (Å²) in [5.41, 5.74) is 0.603. The summed E-state index contributed by atoms with van der Waals surface area (Å²) < 4.78 is 10.7. The van der Waals surface area contributed by atoms with Crippen molar-refractivity contribution in [3.05, 3.63) is 0 Å². The van der Waals surface area contributed by atoms with Gasteiger partial charge >= 0.3 is 0 Å². The fourth-order valence-electron chi connectivity index (χ4n) is 2.63. The number of rotatable bonds is 2. The van der Waals surface area contributed by atoms with Crippen molar-refractivity contribution >= 4 is 12.2 Å². The van der Waals surface area contributed by atoms with Crippen LogP contribution in [-0.4, -0.2) is 35.7 Å². The van der Waals surface area contributed by atoms with Crippen LogP contribution in [0.3, 0.4) is 0 Å². The Bertz CT molecular complexity index is 279. The fourth-order valence-corrected chi connectivity index (χ4v) is 2.63. The van der Waals surface area contributed by atoms with Gasteiger partial charge in [-0.2, -0.15) is 0 Å². The van der Waals surface area contributed by atoms with Gasteiger partial charge < -0.3 is 14.7 Å². The standard InChI is InChI=1S/C10H15NO4/c1-6-10(11-13)9-7(14-5-12)3-2-4-8(9)15-6/h5-9,13H,2-4H2,1H3/b11-10+/t6-,7+,8-,9+/m0/s1.